The van der Waals surface area contributed by atoms with Gasteiger partial charge in [-0.2, -0.15) is 0 Å². The first kappa shape index (κ1) is 24.3. The number of unbranched alkanes of at least 4 members (excludes halogenated alkanes) is 1. The third kappa shape index (κ3) is 6.12. The minimum absolute atomic E-state index is 0.00791. The Kier molecular flexibility index (Phi) is 8.46. The highest BCUT2D eigenvalue weighted by Crippen LogP contribution is 2.44. The van der Waals surface area contributed by atoms with Crippen LogP contribution in [0.1, 0.15) is 63.0 Å². The molecule has 33 heavy (non-hydrogen) atoms. The Morgan fingerprint density at radius 2 is 1.58 bits per heavy atom. The molecule has 0 saturated carbocycles. The van der Waals surface area contributed by atoms with Crippen molar-refractivity contribution in [1.29, 1.82) is 0 Å². The molecule has 7 nitrogen and oxygen atoms in total. The fourth-order valence-corrected chi connectivity index (χ4v) is 4.30. The highest BCUT2D eigenvalue weighted by atomic mass is 16.5. The number of hydrogen-bond acceptors (Lipinski definition) is 4. The van der Waals surface area contributed by atoms with Gasteiger partial charge in [0, 0.05) is 18.4 Å². The molecule has 0 heterocycles. The molecule has 0 spiro atoms. The van der Waals surface area contributed by atoms with Crippen LogP contribution in [0.3, 0.4) is 0 Å². The summed E-state index contributed by atoms with van der Waals surface area (Å²) >= 11 is 0. The van der Waals surface area contributed by atoms with Gasteiger partial charge in [-0.05, 0) is 35.1 Å². The first-order chi connectivity index (χ1) is 15.9. The summed E-state index contributed by atoms with van der Waals surface area (Å²) in [6, 6.07) is 14.9. The summed E-state index contributed by atoms with van der Waals surface area (Å²) in [5.41, 5.74) is 4.58. The van der Waals surface area contributed by atoms with Crippen LogP contribution in [0, 0.1) is 0 Å². The molecular weight excluding hydrogens is 420 g/mol. The largest absolute Gasteiger partial charge is 0.480 e. The van der Waals surface area contributed by atoms with Gasteiger partial charge in [0.05, 0.1) is 0 Å². The zero-order valence-electron chi connectivity index (χ0n) is 19.2. The molecular formula is C26H32N2O5. The van der Waals surface area contributed by atoms with Gasteiger partial charge in [-0.3, -0.25) is 4.79 Å². The van der Waals surface area contributed by atoms with E-state index >= 15 is 0 Å². The van der Waals surface area contributed by atoms with Crippen molar-refractivity contribution in [2.75, 3.05) is 6.61 Å². The molecule has 2 aromatic carbocycles. The average molecular weight is 453 g/mol. The van der Waals surface area contributed by atoms with Crippen molar-refractivity contribution in [3.63, 3.8) is 0 Å². The molecule has 0 saturated heterocycles. The molecule has 7 heteroatoms. The molecule has 176 valence electrons. The summed E-state index contributed by atoms with van der Waals surface area (Å²) in [5, 5.41) is 14.5. The van der Waals surface area contributed by atoms with Gasteiger partial charge in [0.2, 0.25) is 5.91 Å². The number of fused-ring (bicyclic) bond motifs is 3. The molecule has 0 unspecified atom stereocenters. The van der Waals surface area contributed by atoms with E-state index in [1.165, 1.54) is 0 Å². The predicted molar refractivity (Wildman–Crippen MR) is 126 cm³/mol. The Balaban J connectivity index is 1.60. The maximum Gasteiger partial charge on any atom is 0.407 e. The minimum atomic E-state index is -1.07. The molecule has 0 radical (unpaired) electrons. The van der Waals surface area contributed by atoms with Crippen molar-refractivity contribution >= 4 is 18.0 Å². The van der Waals surface area contributed by atoms with E-state index < -0.39 is 30.1 Å². The second-order valence-corrected chi connectivity index (χ2v) is 8.38. The number of benzene rings is 2. The number of alkyl carbamates (subject to hydrolysis) is 1. The van der Waals surface area contributed by atoms with Gasteiger partial charge in [-0.15, -0.1) is 0 Å². The fraction of sp³-hybridized carbons (Fsp3) is 0.423. The number of hydrogen-bond donors (Lipinski definition) is 3. The number of nitrogens with one attached hydrogen (secondary N) is 2. The number of carbonyl (C=O) groups excluding carboxylic acids is 2. The Morgan fingerprint density at radius 1 is 0.970 bits per heavy atom. The summed E-state index contributed by atoms with van der Waals surface area (Å²) < 4.78 is 5.60. The molecule has 2 aromatic rings. The maximum absolute atomic E-state index is 12.6. The molecule has 2 amide bonds. The molecule has 2 atom stereocenters. The van der Waals surface area contributed by atoms with E-state index in [4.69, 9.17) is 9.84 Å². The topological polar surface area (TPSA) is 105 Å². The van der Waals surface area contributed by atoms with Crippen molar-refractivity contribution in [3.05, 3.63) is 59.7 Å². The molecule has 0 bridgehead atoms. The highest BCUT2D eigenvalue weighted by Gasteiger charge is 2.29. The second-order valence-electron chi connectivity index (χ2n) is 8.38. The predicted octanol–water partition coefficient (Wildman–Crippen LogP) is 4.45. The summed E-state index contributed by atoms with van der Waals surface area (Å²) in [4.78, 5) is 36.1. The Morgan fingerprint density at radius 3 is 2.12 bits per heavy atom. The normalized spacial score (nSPS) is 14.0. The van der Waals surface area contributed by atoms with Crippen LogP contribution in [0.25, 0.3) is 11.1 Å². The molecule has 1 aliphatic rings. The van der Waals surface area contributed by atoms with Gasteiger partial charge in [0.15, 0.2) is 0 Å². The summed E-state index contributed by atoms with van der Waals surface area (Å²) in [6.07, 6.45) is 2.08. The quantitative estimate of drug-likeness (QED) is 0.467. The maximum atomic E-state index is 12.6. The van der Waals surface area contributed by atoms with Crippen LogP contribution in [0.4, 0.5) is 4.79 Å². The molecule has 0 aromatic heterocycles. The standard InChI is InChI=1S/C26H32N2O5/c1-3-5-10-17(15-24(29)28-23(4-2)25(30)31)27-26(32)33-16-22-20-13-8-6-11-18(20)19-12-7-9-14-21(19)22/h6-9,11-14,17,22-23H,3-5,10,15-16H2,1-2H3,(H,27,32)(H,28,29)(H,30,31)/t17-,23-/m1/s1. The van der Waals surface area contributed by atoms with Gasteiger partial charge < -0.3 is 20.5 Å². The van der Waals surface area contributed by atoms with E-state index in [0.29, 0.717) is 12.8 Å². The van der Waals surface area contributed by atoms with Crippen LogP contribution >= 0.6 is 0 Å². The lowest BCUT2D eigenvalue weighted by atomic mass is 9.98. The second kappa shape index (κ2) is 11.5. The van der Waals surface area contributed by atoms with Crippen LogP contribution < -0.4 is 10.6 Å². The summed E-state index contributed by atoms with van der Waals surface area (Å²) in [6.45, 7) is 3.92. The molecule has 0 aliphatic heterocycles. The minimum Gasteiger partial charge on any atom is -0.480 e. The van der Waals surface area contributed by atoms with Crippen LogP contribution in [0.15, 0.2) is 48.5 Å². The number of rotatable bonds is 11. The van der Waals surface area contributed by atoms with E-state index in [-0.39, 0.29) is 18.9 Å². The van der Waals surface area contributed by atoms with Gasteiger partial charge in [-0.25, -0.2) is 9.59 Å². The number of aliphatic carboxylic acids is 1. The van der Waals surface area contributed by atoms with E-state index in [9.17, 15) is 14.4 Å². The Hall–Kier alpha value is -3.35. The van der Waals surface area contributed by atoms with Crippen LogP contribution in [0.5, 0.6) is 0 Å². The molecule has 3 rings (SSSR count). The van der Waals surface area contributed by atoms with Gasteiger partial charge in [0.25, 0.3) is 0 Å². The summed E-state index contributed by atoms with van der Waals surface area (Å²) in [5.74, 6) is -1.51. The lowest BCUT2D eigenvalue weighted by molar-refractivity contribution is -0.142. The van der Waals surface area contributed by atoms with Crippen molar-refractivity contribution in [2.24, 2.45) is 0 Å². The van der Waals surface area contributed by atoms with Crippen molar-refractivity contribution in [2.45, 2.75) is 64.0 Å². The van der Waals surface area contributed by atoms with Crippen molar-refractivity contribution in [3.8, 4) is 11.1 Å². The van der Waals surface area contributed by atoms with Gasteiger partial charge in [0.1, 0.15) is 12.6 Å². The zero-order chi connectivity index (χ0) is 23.8. The highest BCUT2D eigenvalue weighted by molar-refractivity contribution is 5.84. The third-order valence-electron chi connectivity index (χ3n) is 6.05. The van der Waals surface area contributed by atoms with Crippen molar-refractivity contribution < 1.29 is 24.2 Å². The van der Waals surface area contributed by atoms with Gasteiger partial charge >= 0.3 is 12.1 Å². The number of carboxylic acids is 1. The van der Waals surface area contributed by atoms with E-state index in [0.717, 1.165) is 35.1 Å². The molecule has 3 N–H and O–H groups in total. The monoisotopic (exact) mass is 452 g/mol. The smallest absolute Gasteiger partial charge is 0.407 e. The lowest BCUT2D eigenvalue weighted by Crippen LogP contribution is -2.44. The Labute approximate surface area is 194 Å². The third-order valence-corrected chi connectivity index (χ3v) is 6.05. The van der Waals surface area contributed by atoms with Gasteiger partial charge in [-0.1, -0.05) is 75.2 Å². The van der Waals surface area contributed by atoms with E-state index in [2.05, 4.69) is 34.9 Å². The van der Waals surface area contributed by atoms with Crippen LogP contribution in [0.2, 0.25) is 0 Å². The molecule has 1 aliphatic carbocycles. The lowest BCUT2D eigenvalue weighted by Gasteiger charge is -2.21. The van der Waals surface area contributed by atoms with Crippen molar-refractivity contribution in [1.82, 2.24) is 10.6 Å². The fourth-order valence-electron chi connectivity index (χ4n) is 4.30. The number of carbonyl (C=O) groups is 3. The first-order valence-corrected chi connectivity index (χ1v) is 11.6. The van der Waals surface area contributed by atoms with Crippen LogP contribution in [-0.2, 0) is 14.3 Å². The number of carboxylic acid groups (broad SMARTS) is 1. The van der Waals surface area contributed by atoms with E-state index in [1.54, 1.807) is 6.92 Å². The average Bonchev–Trinajstić information content (AvgIpc) is 3.13. The van der Waals surface area contributed by atoms with Crippen LogP contribution in [-0.4, -0.2) is 41.8 Å². The summed E-state index contributed by atoms with van der Waals surface area (Å²) in [7, 11) is 0. The molecule has 0 fully saturated rings. The Bertz CT molecular complexity index is 945. The zero-order valence-corrected chi connectivity index (χ0v) is 19.2. The number of amides is 2. The number of ether oxygens (including phenoxy) is 1. The first-order valence-electron chi connectivity index (χ1n) is 11.6. The SMILES string of the molecule is CCCC[C@H](CC(=O)N[C@H](CC)C(=O)O)NC(=O)OCC1c2ccccc2-c2ccccc21. The van der Waals surface area contributed by atoms with E-state index in [1.807, 2.05) is 31.2 Å².